The van der Waals surface area contributed by atoms with E-state index in [-0.39, 0.29) is 18.2 Å². The smallest absolute Gasteiger partial charge is 0.123 e. The molecule has 0 spiro atoms. The van der Waals surface area contributed by atoms with Crippen LogP contribution in [0.15, 0.2) is 24.3 Å². The summed E-state index contributed by atoms with van der Waals surface area (Å²) in [7, 11) is 2.02. The van der Waals surface area contributed by atoms with Crippen LogP contribution in [0.4, 0.5) is 4.39 Å². The highest BCUT2D eigenvalue weighted by Gasteiger charge is 2.17. The van der Waals surface area contributed by atoms with Crippen LogP contribution in [0.5, 0.6) is 0 Å². The predicted molar refractivity (Wildman–Crippen MR) is 71.0 cm³/mol. The van der Waals surface area contributed by atoms with Gasteiger partial charge in [-0.2, -0.15) is 0 Å². The average Bonchev–Trinajstić information content (AvgIpc) is 2.32. The summed E-state index contributed by atoms with van der Waals surface area (Å²) >= 11 is 0. The van der Waals surface area contributed by atoms with E-state index in [0.717, 1.165) is 19.6 Å². The molecule has 0 amide bonds. The van der Waals surface area contributed by atoms with Gasteiger partial charge in [0, 0.05) is 19.1 Å². The van der Waals surface area contributed by atoms with E-state index in [0.29, 0.717) is 6.04 Å². The summed E-state index contributed by atoms with van der Waals surface area (Å²) in [6.07, 6.45) is 2.50. The van der Waals surface area contributed by atoms with Gasteiger partial charge in [0.05, 0.1) is 0 Å². The van der Waals surface area contributed by atoms with Gasteiger partial charge in [-0.1, -0.05) is 12.1 Å². The number of rotatable bonds is 3. The highest BCUT2D eigenvalue weighted by molar-refractivity contribution is 5.85. The fourth-order valence-corrected chi connectivity index (χ4v) is 2.28. The van der Waals surface area contributed by atoms with Crippen molar-refractivity contribution in [3.63, 3.8) is 0 Å². The highest BCUT2D eigenvalue weighted by atomic mass is 35.5. The number of benzene rings is 1. The van der Waals surface area contributed by atoms with Crippen molar-refractivity contribution in [2.45, 2.75) is 25.4 Å². The van der Waals surface area contributed by atoms with E-state index in [1.165, 1.54) is 30.5 Å². The Morgan fingerprint density at radius 1 is 1.35 bits per heavy atom. The van der Waals surface area contributed by atoms with Crippen molar-refractivity contribution in [3.05, 3.63) is 35.6 Å². The third kappa shape index (κ3) is 4.26. The second-order valence-corrected chi connectivity index (χ2v) is 4.49. The number of hydrogen-bond donors (Lipinski definition) is 1. The number of piperidine rings is 1. The van der Waals surface area contributed by atoms with Crippen molar-refractivity contribution in [2.24, 2.45) is 0 Å². The zero-order chi connectivity index (χ0) is 11.4. The van der Waals surface area contributed by atoms with Gasteiger partial charge in [-0.3, -0.25) is 4.90 Å². The van der Waals surface area contributed by atoms with Crippen molar-refractivity contribution in [2.75, 3.05) is 20.1 Å². The lowest BCUT2D eigenvalue weighted by Gasteiger charge is -2.32. The second kappa shape index (κ2) is 6.94. The number of hydrogen-bond acceptors (Lipinski definition) is 2. The molecule has 0 radical (unpaired) electrons. The first-order valence-corrected chi connectivity index (χ1v) is 5.92. The molecule has 0 aliphatic carbocycles. The van der Waals surface area contributed by atoms with Gasteiger partial charge in [0.25, 0.3) is 0 Å². The summed E-state index contributed by atoms with van der Waals surface area (Å²) < 4.78 is 12.8. The Kier molecular flexibility index (Phi) is 5.89. The maximum atomic E-state index is 12.8. The summed E-state index contributed by atoms with van der Waals surface area (Å²) in [6, 6.07) is 7.43. The Hall–Kier alpha value is -0.640. The Labute approximate surface area is 109 Å². The van der Waals surface area contributed by atoms with E-state index < -0.39 is 0 Å². The molecule has 1 heterocycles. The standard InChI is InChI=1S/C13H19FN2.ClH/c1-15-13-3-2-8-16(10-13)9-11-4-6-12(14)7-5-11;/h4-7,13,15H,2-3,8-10H2,1H3;1H. The summed E-state index contributed by atoms with van der Waals surface area (Å²) in [4.78, 5) is 2.43. The Balaban J connectivity index is 0.00000144. The summed E-state index contributed by atoms with van der Waals surface area (Å²) in [5.41, 5.74) is 1.19. The van der Waals surface area contributed by atoms with E-state index in [4.69, 9.17) is 0 Å². The van der Waals surface area contributed by atoms with Gasteiger partial charge >= 0.3 is 0 Å². The van der Waals surface area contributed by atoms with E-state index in [1.54, 1.807) is 0 Å². The van der Waals surface area contributed by atoms with Crippen LogP contribution in [0.1, 0.15) is 18.4 Å². The lowest BCUT2D eigenvalue weighted by molar-refractivity contribution is 0.188. The van der Waals surface area contributed by atoms with Gasteiger partial charge in [0.2, 0.25) is 0 Å². The van der Waals surface area contributed by atoms with E-state index in [1.807, 2.05) is 19.2 Å². The minimum Gasteiger partial charge on any atom is -0.316 e. The van der Waals surface area contributed by atoms with Crippen LogP contribution in [0.25, 0.3) is 0 Å². The summed E-state index contributed by atoms with van der Waals surface area (Å²) in [6.45, 7) is 3.17. The Morgan fingerprint density at radius 2 is 2.06 bits per heavy atom. The zero-order valence-corrected chi connectivity index (χ0v) is 11.0. The first kappa shape index (κ1) is 14.4. The summed E-state index contributed by atoms with van der Waals surface area (Å²) in [5, 5.41) is 3.33. The molecule has 1 fully saturated rings. The molecular weight excluding hydrogens is 239 g/mol. The van der Waals surface area contributed by atoms with Gasteiger partial charge in [0.15, 0.2) is 0 Å². The lowest BCUT2D eigenvalue weighted by Crippen LogP contribution is -2.43. The highest BCUT2D eigenvalue weighted by Crippen LogP contribution is 2.13. The first-order valence-electron chi connectivity index (χ1n) is 5.92. The third-order valence-corrected chi connectivity index (χ3v) is 3.23. The van der Waals surface area contributed by atoms with Crippen LogP contribution in [-0.2, 0) is 6.54 Å². The van der Waals surface area contributed by atoms with Crippen molar-refractivity contribution < 1.29 is 4.39 Å². The van der Waals surface area contributed by atoms with Crippen LogP contribution in [-0.4, -0.2) is 31.1 Å². The number of likely N-dealkylation sites (N-methyl/N-ethyl adjacent to an activating group) is 1. The maximum absolute atomic E-state index is 12.8. The molecule has 1 aromatic rings. The molecule has 0 saturated carbocycles. The molecular formula is C13H20ClFN2. The molecule has 96 valence electrons. The monoisotopic (exact) mass is 258 g/mol. The molecule has 4 heteroatoms. The van der Waals surface area contributed by atoms with Crippen LogP contribution < -0.4 is 5.32 Å². The van der Waals surface area contributed by atoms with Crippen molar-refractivity contribution >= 4 is 12.4 Å². The second-order valence-electron chi connectivity index (χ2n) is 4.49. The molecule has 0 bridgehead atoms. The van der Waals surface area contributed by atoms with Crippen LogP contribution in [0, 0.1) is 5.82 Å². The first-order chi connectivity index (χ1) is 7.78. The molecule has 17 heavy (non-hydrogen) atoms. The van der Waals surface area contributed by atoms with Crippen molar-refractivity contribution in [1.29, 1.82) is 0 Å². The van der Waals surface area contributed by atoms with Crippen LogP contribution >= 0.6 is 12.4 Å². The molecule has 1 N–H and O–H groups in total. The lowest BCUT2D eigenvalue weighted by atomic mass is 10.1. The Bertz CT molecular complexity index is 329. The Morgan fingerprint density at radius 3 is 2.71 bits per heavy atom. The molecule has 1 aliphatic heterocycles. The fourth-order valence-electron chi connectivity index (χ4n) is 2.28. The topological polar surface area (TPSA) is 15.3 Å². The average molecular weight is 259 g/mol. The zero-order valence-electron chi connectivity index (χ0n) is 10.2. The van der Waals surface area contributed by atoms with Crippen LogP contribution in [0.3, 0.4) is 0 Å². The quantitative estimate of drug-likeness (QED) is 0.896. The van der Waals surface area contributed by atoms with Gasteiger partial charge < -0.3 is 5.32 Å². The third-order valence-electron chi connectivity index (χ3n) is 3.23. The van der Waals surface area contributed by atoms with Gasteiger partial charge in [0.1, 0.15) is 5.82 Å². The fraction of sp³-hybridized carbons (Fsp3) is 0.538. The maximum Gasteiger partial charge on any atom is 0.123 e. The van der Waals surface area contributed by atoms with Crippen LogP contribution in [0.2, 0.25) is 0 Å². The van der Waals surface area contributed by atoms with Gasteiger partial charge in [-0.05, 0) is 44.1 Å². The summed E-state index contributed by atoms with van der Waals surface area (Å²) in [5.74, 6) is -0.157. The SMILES string of the molecule is CNC1CCCN(Cc2ccc(F)cc2)C1.Cl. The van der Waals surface area contributed by atoms with Crippen molar-refractivity contribution in [3.8, 4) is 0 Å². The van der Waals surface area contributed by atoms with E-state index in [9.17, 15) is 4.39 Å². The number of likely N-dealkylation sites (tertiary alicyclic amines) is 1. The minimum absolute atomic E-state index is 0. The predicted octanol–water partition coefficient (Wildman–Crippen LogP) is 2.43. The molecule has 1 atom stereocenters. The normalized spacial score (nSPS) is 20.9. The molecule has 2 nitrogen and oxygen atoms in total. The van der Waals surface area contributed by atoms with Gasteiger partial charge in [-0.15, -0.1) is 12.4 Å². The molecule has 1 saturated heterocycles. The molecule has 1 aromatic carbocycles. The van der Waals surface area contributed by atoms with E-state index in [2.05, 4.69) is 10.2 Å². The molecule has 1 unspecified atom stereocenters. The molecule has 2 rings (SSSR count). The molecule has 0 aromatic heterocycles. The van der Waals surface area contributed by atoms with Gasteiger partial charge in [-0.25, -0.2) is 4.39 Å². The number of halogens is 2. The molecule has 1 aliphatic rings. The van der Waals surface area contributed by atoms with Crippen molar-refractivity contribution in [1.82, 2.24) is 10.2 Å². The van der Waals surface area contributed by atoms with E-state index >= 15 is 0 Å². The number of nitrogens with one attached hydrogen (secondary N) is 1. The minimum atomic E-state index is -0.157. The number of nitrogens with zero attached hydrogens (tertiary/aromatic N) is 1. The largest absolute Gasteiger partial charge is 0.316 e.